The summed E-state index contributed by atoms with van der Waals surface area (Å²) in [4.78, 5) is 19.1. The van der Waals surface area contributed by atoms with Crippen LogP contribution < -0.4 is 0 Å². The molecule has 1 amide bonds. The molecule has 1 aliphatic heterocycles. The molecule has 4 rings (SSSR count). The lowest BCUT2D eigenvalue weighted by molar-refractivity contribution is -0.376. The van der Waals surface area contributed by atoms with E-state index >= 15 is 0 Å². The third-order valence-corrected chi connectivity index (χ3v) is 8.11. The van der Waals surface area contributed by atoms with Gasteiger partial charge in [-0.2, -0.15) is 26.3 Å². The fraction of sp³-hybridized carbons (Fsp3) is 0.520. The molecule has 0 bridgehead atoms. The number of carbonyl (C=O) groups excluding carboxylic acids is 1. The first kappa shape index (κ1) is 31.7. The largest absolute Gasteiger partial charge is 0.430 e. The minimum Gasteiger partial charge on any atom is -0.382 e. The van der Waals surface area contributed by atoms with Crippen LogP contribution in [0.25, 0.3) is 21.3 Å². The van der Waals surface area contributed by atoms with Gasteiger partial charge in [-0.25, -0.2) is 13.8 Å². The van der Waals surface area contributed by atoms with Gasteiger partial charge in [0.25, 0.3) is 17.9 Å². The SMILES string of the molecule is CC1CCCN1C(=O)c1nc(-c2nnc(C(C)(C)O)n2C)sc1-c1ccc(C(O)(C(F)(F)F)C(F)(F)F)cc1C(F)F. The maximum absolute atomic E-state index is 14.3. The normalized spacial score (nSPS) is 17.0. The first-order valence-electron chi connectivity index (χ1n) is 12.4. The van der Waals surface area contributed by atoms with Crippen molar-refractivity contribution >= 4 is 17.2 Å². The third kappa shape index (κ3) is 5.25. The van der Waals surface area contributed by atoms with Crippen LogP contribution in [0.4, 0.5) is 35.1 Å². The van der Waals surface area contributed by atoms with Gasteiger partial charge in [-0.05, 0) is 39.7 Å². The van der Waals surface area contributed by atoms with E-state index in [2.05, 4.69) is 15.2 Å². The fourth-order valence-electron chi connectivity index (χ4n) is 4.83. The van der Waals surface area contributed by atoms with E-state index in [0.29, 0.717) is 36.8 Å². The number of aliphatic hydroxyl groups is 2. The predicted octanol–water partition coefficient (Wildman–Crippen LogP) is 5.71. The van der Waals surface area contributed by atoms with Crippen LogP contribution in [0.2, 0.25) is 0 Å². The van der Waals surface area contributed by atoms with Crippen LogP contribution >= 0.6 is 11.3 Å². The van der Waals surface area contributed by atoms with Crippen LogP contribution in [-0.2, 0) is 18.2 Å². The highest BCUT2D eigenvalue weighted by Gasteiger charge is 2.71. The second-order valence-electron chi connectivity index (χ2n) is 10.5. The molecule has 42 heavy (non-hydrogen) atoms. The molecule has 0 radical (unpaired) electrons. The lowest BCUT2D eigenvalue weighted by Gasteiger charge is -2.33. The molecule has 0 saturated carbocycles. The van der Waals surface area contributed by atoms with Crippen molar-refractivity contribution < 1.29 is 50.1 Å². The molecule has 1 saturated heterocycles. The van der Waals surface area contributed by atoms with Crippen LogP contribution in [0.1, 0.15) is 67.5 Å². The molecule has 0 spiro atoms. The van der Waals surface area contributed by atoms with E-state index in [1.807, 2.05) is 0 Å². The van der Waals surface area contributed by atoms with Crippen LogP contribution in [0.3, 0.4) is 0 Å². The summed E-state index contributed by atoms with van der Waals surface area (Å²) in [5.74, 6) is -0.578. The number of amides is 1. The highest BCUT2D eigenvalue weighted by molar-refractivity contribution is 7.18. The summed E-state index contributed by atoms with van der Waals surface area (Å²) < 4.78 is 111. The molecular formula is C25H25F8N5O3S. The van der Waals surface area contributed by atoms with Crippen molar-refractivity contribution in [3.63, 3.8) is 0 Å². The number of rotatable bonds is 6. The summed E-state index contributed by atoms with van der Waals surface area (Å²) in [7, 11) is 1.47. The van der Waals surface area contributed by atoms with Crippen LogP contribution in [0.5, 0.6) is 0 Å². The van der Waals surface area contributed by atoms with Gasteiger partial charge in [0, 0.05) is 36.3 Å². The van der Waals surface area contributed by atoms with Crippen LogP contribution in [0.15, 0.2) is 18.2 Å². The van der Waals surface area contributed by atoms with E-state index in [-0.39, 0.29) is 45.4 Å². The van der Waals surface area contributed by atoms with E-state index in [1.54, 1.807) is 6.92 Å². The molecular weight excluding hydrogens is 602 g/mol. The van der Waals surface area contributed by atoms with Crippen molar-refractivity contribution in [2.45, 2.75) is 69.6 Å². The highest BCUT2D eigenvalue weighted by atomic mass is 32.1. The molecule has 1 aliphatic rings. The van der Waals surface area contributed by atoms with Gasteiger partial charge in [-0.15, -0.1) is 21.5 Å². The molecule has 2 N–H and O–H groups in total. The van der Waals surface area contributed by atoms with E-state index < -0.39 is 52.6 Å². The standard InChI is InChI=1S/C25H25F8N5O3S/c1-11-6-5-9-38(11)20(39)15-16(42-19(34-15)18-35-36-21(37(18)4)22(2,3)40)13-8-7-12(10-14(13)17(26)27)23(41,24(28,29)30)25(31,32)33/h7-8,10-11,17,40-41H,5-6,9H2,1-4H3. The zero-order chi connectivity index (χ0) is 31.6. The first-order valence-corrected chi connectivity index (χ1v) is 13.2. The van der Waals surface area contributed by atoms with Crippen molar-refractivity contribution in [1.82, 2.24) is 24.6 Å². The van der Waals surface area contributed by atoms with Gasteiger partial charge in [0.15, 0.2) is 16.7 Å². The quantitative estimate of drug-likeness (QED) is 0.340. The van der Waals surface area contributed by atoms with E-state index in [9.17, 15) is 50.1 Å². The maximum atomic E-state index is 14.3. The summed E-state index contributed by atoms with van der Waals surface area (Å²) in [6.07, 6.45) is -14.9. The molecule has 1 unspecified atom stereocenters. The zero-order valence-corrected chi connectivity index (χ0v) is 23.3. The Morgan fingerprint density at radius 3 is 2.17 bits per heavy atom. The molecule has 1 aromatic carbocycles. The molecule has 8 nitrogen and oxygen atoms in total. The number of alkyl halides is 8. The van der Waals surface area contributed by atoms with Gasteiger partial charge < -0.3 is 19.7 Å². The van der Waals surface area contributed by atoms with Crippen molar-refractivity contribution in [3.8, 4) is 21.3 Å². The summed E-state index contributed by atoms with van der Waals surface area (Å²) in [6.45, 7) is 4.92. The van der Waals surface area contributed by atoms with Gasteiger partial charge in [0.05, 0.1) is 4.88 Å². The molecule has 3 heterocycles. The topological polar surface area (TPSA) is 104 Å². The predicted molar refractivity (Wildman–Crippen MR) is 133 cm³/mol. The first-order chi connectivity index (χ1) is 19.2. The number of halogens is 8. The number of hydrogen-bond acceptors (Lipinski definition) is 7. The van der Waals surface area contributed by atoms with E-state index in [1.165, 1.54) is 30.4 Å². The smallest absolute Gasteiger partial charge is 0.382 e. The van der Waals surface area contributed by atoms with E-state index in [4.69, 9.17) is 0 Å². The maximum Gasteiger partial charge on any atom is 0.430 e. The summed E-state index contributed by atoms with van der Waals surface area (Å²) in [6, 6.07) is 0.488. The Labute approximate surface area is 237 Å². The Balaban J connectivity index is 1.96. The van der Waals surface area contributed by atoms with E-state index in [0.717, 1.165) is 0 Å². The summed E-state index contributed by atoms with van der Waals surface area (Å²) in [5, 5.41) is 28.0. The number of likely N-dealkylation sites (tertiary alicyclic amines) is 1. The minimum absolute atomic E-state index is 0.0191. The Bertz CT molecular complexity index is 1480. The molecule has 17 heteroatoms. The average molecular weight is 628 g/mol. The van der Waals surface area contributed by atoms with Crippen LogP contribution in [-0.4, -0.2) is 65.7 Å². The van der Waals surface area contributed by atoms with Crippen LogP contribution in [0, 0.1) is 0 Å². The summed E-state index contributed by atoms with van der Waals surface area (Å²) >= 11 is 0.644. The van der Waals surface area contributed by atoms with Gasteiger partial charge in [0.2, 0.25) is 0 Å². The number of hydrogen-bond donors (Lipinski definition) is 2. The van der Waals surface area contributed by atoms with Crippen molar-refractivity contribution in [3.05, 3.63) is 40.8 Å². The second kappa shape index (κ2) is 10.5. The molecule has 3 aromatic rings. The highest BCUT2D eigenvalue weighted by Crippen LogP contribution is 2.51. The van der Waals surface area contributed by atoms with Crippen molar-refractivity contribution in [1.29, 1.82) is 0 Å². The van der Waals surface area contributed by atoms with Gasteiger partial charge in [-0.1, -0.05) is 12.1 Å². The number of carbonyl (C=O) groups is 1. The van der Waals surface area contributed by atoms with Gasteiger partial charge in [-0.3, -0.25) is 4.79 Å². The Morgan fingerprint density at radius 2 is 1.69 bits per heavy atom. The average Bonchev–Trinajstić information content (AvgIpc) is 3.58. The van der Waals surface area contributed by atoms with Crippen molar-refractivity contribution in [2.24, 2.45) is 7.05 Å². The number of nitrogens with zero attached hydrogens (tertiary/aromatic N) is 5. The Hall–Kier alpha value is -3.18. The van der Waals surface area contributed by atoms with Crippen molar-refractivity contribution in [2.75, 3.05) is 6.54 Å². The second-order valence-corrected chi connectivity index (χ2v) is 11.5. The molecule has 0 aliphatic carbocycles. The lowest BCUT2D eigenvalue weighted by atomic mass is 9.89. The molecule has 1 fully saturated rings. The molecule has 1 atom stereocenters. The molecule has 230 valence electrons. The zero-order valence-electron chi connectivity index (χ0n) is 22.5. The Morgan fingerprint density at radius 1 is 1.07 bits per heavy atom. The minimum atomic E-state index is -6.29. The lowest BCUT2D eigenvalue weighted by Crippen LogP contribution is -2.54. The molecule has 2 aromatic heterocycles. The number of benzene rings is 1. The third-order valence-electron chi connectivity index (χ3n) is 7.03. The number of aromatic nitrogens is 4. The fourth-order valence-corrected chi connectivity index (χ4v) is 5.95. The number of thiazole rings is 1. The summed E-state index contributed by atoms with van der Waals surface area (Å²) in [5.41, 5.74) is -11.0. The van der Waals surface area contributed by atoms with Gasteiger partial charge >= 0.3 is 12.4 Å². The van der Waals surface area contributed by atoms with Gasteiger partial charge in [0.1, 0.15) is 11.3 Å². The Kier molecular flexibility index (Phi) is 7.95. The monoisotopic (exact) mass is 627 g/mol.